The number of nitrogens with zero attached hydrogens (tertiary/aromatic N) is 5. The average molecular weight is 421 g/mol. The van der Waals surface area contributed by atoms with Crippen LogP contribution in [0.2, 0.25) is 0 Å². The zero-order valence-corrected chi connectivity index (χ0v) is 17.5. The Morgan fingerprint density at radius 2 is 1.97 bits per heavy atom. The quantitative estimate of drug-likeness (QED) is 0.487. The number of thiazole rings is 1. The maximum Gasteiger partial charge on any atom is 0.183 e. The van der Waals surface area contributed by atoms with E-state index >= 15 is 0 Å². The van der Waals surface area contributed by atoms with Crippen LogP contribution in [0.25, 0.3) is 21.7 Å². The van der Waals surface area contributed by atoms with Crippen molar-refractivity contribution in [3.8, 4) is 11.5 Å². The zero-order valence-electron chi connectivity index (χ0n) is 15.8. The Labute approximate surface area is 176 Å². The van der Waals surface area contributed by atoms with Crippen LogP contribution in [-0.2, 0) is 12.8 Å². The predicted octanol–water partition coefficient (Wildman–Crippen LogP) is 5.05. The molecule has 4 aromatic rings. The van der Waals surface area contributed by atoms with Gasteiger partial charge in [0.2, 0.25) is 0 Å². The van der Waals surface area contributed by atoms with Gasteiger partial charge < -0.3 is 5.32 Å². The fraction of sp³-hybridized carbons (Fsp3) is 0.381. The van der Waals surface area contributed by atoms with Crippen molar-refractivity contribution < 1.29 is 0 Å². The van der Waals surface area contributed by atoms with Crippen LogP contribution in [0.5, 0.6) is 0 Å². The summed E-state index contributed by atoms with van der Waals surface area (Å²) < 4.78 is 0. The summed E-state index contributed by atoms with van der Waals surface area (Å²) in [6, 6.07) is 0.210. The van der Waals surface area contributed by atoms with E-state index in [1.54, 1.807) is 29.9 Å². The maximum atomic E-state index is 4.97. The lowest BCUT2D eigenvalue weighted by atomic mass is 9.97. The molecule has 2 aliphatic carbocycles. The summed E-state index contributed by atoms with van der Waals surface area (Å²) >= 11 is 3.54. The number of thiophene rings is 1. The molecule has 0 bridgehead atoms. The van der Waals surface area contributed by atoms with Crippen LogP contribution in [0.4, 0.5) is 5.82 Å². The lowest BCUT2D eigenvalue weighted by molar-refractivity contribution is 0.670. The highest BCUT2D eigenvalue weighted by Gasteiger charge is 2.35. The number of anilines is 1. The van der Waals surface area contributed by atoms with E-state index in [0.717, 1.165) is 28.5 Å². The topological polar surface area (TPSA) is 76.5 Å². The normalized spacial score (nSPS) is 17.2. The van der Waals surface area contributed by atoms with E-state index in [4.69, 9.17) is 9.97 Å². The zero-order chi connectivity index (χ0) is 19.2. The third-order valence-electron chi connectivity index (χ3n) is 5.71. The van der Waals surface area contributed by atoms with Crippen LogP contribution in [0.1, 0.15) is 47.2 Å². The largest absolute Gasteiger partial charge is 0.360 e. The maximum absolute atomic E-state index is 4.97. The van der Waals surface area contributed by atoms with Crippen molar-refractivity contribution in [3.05, 3.63) is 45.6 Å². The summed E-state index contributed by atoms with van der Waals surface area (Å²) in [5.41, 5.74) is 2.15. The number of hydrogen-bond acceptors (Lipinski definition) is 8. The first-order valence-corrected chi connectivity index (χ1v) is 11.8. The Balaban J connectivity index is 1.51. The highest BCUT2D eigenvalue weighted by Crippen LogP contribution is 2.46. The first kappa shape index (κ1) is 17.4. The number of rotatable bonds is 5. The average Bonchev–Trinajstić information content (AvgIpc) is 3.32. The highest BCUT2D eigenvalue weighted by molar-refractivity contribution is 7.19. The van der Waals surface area contributed by atoms with E-state index in [2.05, 4.69) is 25.6 Å². The minimum absolute atomic E-state index is 0.210. The summed E-state index contributed by atoms with van der Waals surface area (Å²) in [4.78, 5) is 25.6. The van der Waals surface area contributed by atoms with Crippen LogP contribution in [0.3, 0.4) is 0 Å². The number of aryl methyl sites for hydroxylation is 2. The summed E-state index contributed by atoms with van der Waals surface area (Å²) in [6.45, 7) is 0. The summed E-state index contributed by atoms with van der Waals surface area (Å²) in [7, 11) is 0. The van der Waals surface area contributed by atoms with Crippen molar-refractivity contribution in [3.63, 3.8) is 0 Å². The van der Waals surface area contributed by atoms with Crippen LogP contribution < -0.4 is 5.32 Å². The third-order valence-corrected chi connectivity index (χ3v) is 7.75. The molecule has 0 saturated heterocycles. The van der Waals surface area contributed by atoms with Crippen molar-refractivity contribution in [1.82, 2.24) is 24.9 Å². The molecule has 1 atom stereocenters. The molecule has 4 heterocycles. The Morgan fingerprint density at radius 1 is 1.03 bits per heavy atom. The molecule has 0 radical (unpaired) electrons. The number of fused-ring (bicyclic) bond motifs is 3. The second-order valence-electron chi connectivity index (χ2n) is 7.71. The Bertz CT molecular complexity index is 1150. The van der Waals surface area contributed by atoms with Gasteiger partial charge in [-0.3, -0.25) is 4.98 Å². The molecule has 1 fully saturated rings. The van der Waals surface area contributed by atoms with Crippen molar-refractivity contribution in [2.24, 2.45) is 5.92 Å². The van der Waals surface area contributed by atoms with Gasteiger partial charge in [0.1, 0.15) is 21.3 Å². The van der Waals surface area contributed by atoms with E-state index in [1.807, 2.05) is 17.5 Å². The van der Waals surface area contributed by atoms with Gasteiger partial charge in [0, 0.05) is 28.8 Å². The fourth-order valence-corrected chi connectivity index (χ4v) is 6.18. The third kappa shape index (κ3) is 3.20. The van der Waals surface area contributed by atoms with Gasteiger partial charge in [-0.05, 0) is 50.0 Å². The molecule has 29 heavy (non-hydrogen) atoms. The molecule has 0 amide bonds. The van der Waals surface area contributed by atoms with Gasteiger partial charge in [0.15, 0.2) is 5.82 Å². The van der Waals surface area contributed by atoms with E-state index in [1.165, 1.54) is 41.5 Å². The lowest BCUT2D eigenvalue weighted by Gasteiger charge is -2.19. The fourth-order valence-electron chi connectivity index (χ4n) is 4.14. The van der Waals surface area contributed by atoms with E-state index in [9.17, 15) is 0 Å². The molecule has 4 aromatic heterocycles. The minimum atomic E-state index is 0.210. The standard InChI is InChI=1S/C21H20N6S2/c1-2-4-15-13(3-1)16-19(25-17(12-5-6-12)21-24-9-10-28-21)26-18(27-20(16)29-15)14-11-22-7-8-23-14/h7-12,17H,1-6H2,(H,25,26,27)/t17-/m1/s1. The summed E-state index contributed by atoms with van der Waals surface area (Å²) in [5, 5.41) is 8.19. The SMILES string of the molecule is c1cnc(-c2nc(N[C@@H](c3nccs3)C3CC3)c3c4c(sc3n2)CCCC4)cn1. The van der Waals surface area contributed by atoms with Crippen molar-refractivity contribution in [2.45, 2.75) is 44.6 Å². The van der Waals surface area contributed by atoms with Gasteiger partial charge in [-0.15, -0.1) is 22.7 Å². The molecule has 0 aromatic carbocycles. The first-order valence-electron chi connectivity index (χ1n) is 10.1. The number of nitrogens with one attached hydrogen (secondary N) is 1. The predicted molar refractivity (Wildman–Crippen MR) is 116 cm³/mol. The smallest absolute Gasteiger partial charge is 0.183 e. The summed E-state index contributed by atoms with van der Waals surface area (Å²) in [5.74, 6) is 2.20. The van der Waals surface area contributed by atoms with Crippen LogP contribution in [0, 0.1) is 5.92 Å². The summed E-state index contributed by atoms with van der Waals surface area (Å²) in [6.07, 6.45) is 14.2. The van der Waals surface area contributed by atoms with Gasteiger partial charge >= 0.3 is 0 Å². The van der Waals surface area contributed by atoms with Gasteiger partial charge in [0.05, 0.1) is 17.6 Å². The van der Waals surface area contributed by atoms with Crippen molar-refractivity contribution in [1.29, 1.82) is 0 Å². The second kappa shape index (κ2) is 7.11. The van der Waals surface area contributed by atoms with E-state index in [-0.39, 0.29) is 6.04 Å². The van der Waals surface area contributed by atoms with Crippen molar-refractivity contribution >= 4 is 38.7 Å². The Hall–Kier alpha value is -2.45. The van der Waals surface area contributed by atoms with Gasteiger partial charge in [-0.2, -0.15) is 0 Å². The molecule has 6 rings (SSSR count). The van der Waals surface area contributed by atoms with E-state index < -0.39 is 0 Å². The van der Waals surface area contributed by atoms with Gasteiger partial charge in [0.25, 0.3) is 0 Å². The molecular formula is C21H20N6S2. The van der Waals surface area contributed by atoms with Gasteiger partial charge in [-0.25, -0.2) is 19.9 Å². The molecule has 0 spiro atoms. The molecule has 6 nitrogen and oxygen atoms in total. The molecule has 2 aliphatic rings. The first-order chi connectivity index (χ1) is 14.4. The van der Waals surface area contributed by atoms with Crippen LogP contribution in [0.15, 0.2) is 30.2 Å². The molecule has 1 saturated carbocycles. The van der Waals surface area contributed by atoms with Crippen LogP contribution in [-0.4, -0.2) is 24.9 Å². The molecule has 8 heteroatoms. The Morgan fingerprint density at radius 3 is 2.76 bits per heavy atom. The van der Waals surface area contributed by atoms with E-state index in [0.29, 0.717) is 17.4 Å². The minimum Gasteiger partial charge on any atom is -0.360 e. The Kier molecular flexibility index (Phi) is 4.27. The number of hydrogen-bond donors (Lipinski definition) is 1. The molecule has 0 unspecified atom stereocenters. The molecule has 146 valence electrons. The van der Waals surface area contributed by atoms with Crippen LogP contribution >= 0.6 is 22.7 Å². The molecule has 0 aliphatic heterocycles. The van der Waals surface area contributed by atoms with Gasteiger partial charge in [-0.1, -0.05) is 0 Å². The molecule has 1 N–H and O–H groups in total. The van der Waals surface area contributed by atoms with Crippen molar-refractivity contribution in [2.75, 3.05) is 5.32 Å². The monoisotopic (exact) mass is 420 g/mol. The number of aromatic nitrogens is 5. The highest BCUT2D eigenvalue weighted by atomic mass is 32.1. The second-order valence-corrected chi connectivity index (χ2v) is 9.72. The lowest BCUT2D eigenvalue weighted by Crippen LogP contribution is -2.15. The molecular weight excluding hydrogens is 400 g/mol.